The molecule has 0 aliphatic heterocycles. The molecule has 0 N–H and O–H groups in total. The predicted octanol–water partition coefficient (Wildman–Crippen LogP) is 0.257. The smallest absolute Gasteiger partial charge is 0.746 e. The van der Waals surface area contributed by atoms with Crippen LogP contribution in [0.2, 0.25) is 0 Å². The molecule has 0 heterocycles. The van der Waals surface area contributed by atoms with E-state index in [0.717, 1.165) is 6.42 Å². The Hall–Kier alpha value is -0.450. The molecule has 0 bridgehead atoms. The van der Waals surface area contributed by atoms with Gasteiger partial charge in [0.1, 0.15) is 41.3 Å². The Kier molecular flexibility index (Phi) is 17.0. The van der Waals surface area contributed by atoms with Crippen LogP contribution in [0.5, 0.6) is 5.75 Å². The van der Waals surface area contributed by atoms with Gasteiger partial charge in [0.25, 0.3) is 0 Å². The molecule has 1 aromatic rings. The zero-order chi connectivity index (χ0) is 20.7. The standard InChI is InChI=1S/C20H32O7S.Na/c1-3-5-6-7-8-18-9-11-19(12-10-18)26-15-20(14-24-13-4-2)27-16-25-17-28(21,22)23;/h4,9-12,20H,2-3,5-8,13-17H2,1H3,(H,21,22,23);/q;+1/p-1. The first kappa shape index (κ1) is 28.5. The van der Waals surface area contributed by atoms with Gasteiger partial charge >= 0.3 is 29.6 Å². The van der Waals surface area contributed by atoms with E-state index in [2.05, 4.69) is 13.5 Å². The molecule has 9 heteroatoms. The van der Waals surface area contributed by atoms with Gasteiger partial charge in [0.05, 0.1) is 13.2 Å². The van der Waals surface area contributed by atoms with Crippen molar-refractivity contribution in [2.45, 2.75) is 45.1 Å². The number of unbranched alkanes of at least 4 members (excludes halogenated alkanes) is 3. The molecule has 0 aliphatic rings. The van der Waals surface area contributed by atoms with Gasteiger partial charge in [-0.15, -0.1) is 6.58 Å². The molecule has 0 saturated carbocycles. The molecule has 1 unspecified atom stereocenters. The summed E-state index contributed by atoms with van der Waals surface area (Å²) < 4.78 is 52.8. The molecule has 0 radical (unpaired) electrons. The Morgan fingerprint density at radius 3 is 2.45 bits per heavy atom. The molecular formula is C20H31NaO7S. The summed E-state index contributed by atoms with van der Waals surface area (Å²) in [5, 5.41) is 0. The molecule has 1 atom stereocenters. The van der Waals surface area contributed by atoms with Crippen LogP contribution in [0.3, 0.4) is 0 Å². The average Bonchev–Trinajstić information content (AvgIpc) is 2.66. The number of aryl methyl sites for hydroxylation is 1. The Labute approximate surface area is 196 Å². The van der Waals surface area contributed by atoms with Gasteiger partial charge in [-0.1, -0.05) is 44.4 Å². The van der Waals surface area contributed by atoms with Crippen molar-refractivity contribution in [1.82, 2.24) is 0 Å². The zero-order valence-corrected chi connectivity index (χ0v) is 20.3. The molecule has 7 nitrogen and oxygen atoms in total. The second-order valence-corrected chi connectivity index (χ2v) is 7.73. The zero-order valence-electron chi connectivity index (χ0n) is 17.5. The van der Waals surface area contributed by atoms with Crippen LogP contribution >= 0.6 is 0 Å². The van der Waals surface area contributed by atoms with Crippen LogP contribution in [0.15, 0.2) is 36.9 Å². The Balaban J connectivity index is 0.00000784. The van der Waals surface area contributed by atoms with Crippen molar-refractivity contribution in [3.63, 3.8) is 0 Å². The maximum atomic E-state index is 10.5. The van der Waals surface area contributed by atoms with E-state index < -0.39 is 22.2 Å². The van der Waals surface area contributed by atoms with Gasteiger partial charge in [-0.3, -0.25) is 0 Å². The van der Waals surface area contributed by atoms with E-state index >= 15 is 0 Å². The normalized spacial score (nSPS) is 12.2. The van der Waals surface area contributed by atoms with Crippen molar-refractivity contribution in [3.05, 3.63) is 42.5 Å². The molecule has 0 amide bonds. The van der Waals surface area contributed by atoms with Gasteiger partial charge in [-0.05, 0) is 30.5 Å². The van der Waals surface area contributed by atoms with Crippen LogP contribution in [-0.4, -0.2) is 51.6 Å². The maximum Gasteiger partial charge on any atom is 1.00 e. The average molecular weight is 439 g/mol. The SMILES string of the molecule is C=CCOCC(COc1ccc(CCCCCC)cc1)OCOCS(=O)(=O)[O-].[Na+]. The second-order valence-electron chi connectivity index (χ2n) is 6.38. The molecule has 0 saturated heterocycles. The molecule has 160 valence electrons. The number of rotatable bonds is 17. The topological polar surface area (TPSA) is 94.1 Å². The Morgan fingerprint density at radius 1 is 1.10 bits per heavy atom. The maximum absolute atomic E-state index is 10.5. The summed E-state index contributed by atoms with van der Waals surface area (Å²) in [5.74, 6) is -0.231. The van der Waals surface area contributed by atoms with Crippen molar-refractivity contribution in [3.8, 4) is 5.75 Å². The van der Waals surface area contributed by atoms with Crippen LogP contribution < -0.4 is 34.3 Å². The summed E-state index contributed by atoms with van der Waals surface area (Å²) in [5.41, 5.74) is 1.28. The van der Waals surface area contributed by atoms with Crippen molar-refractivity contribution in [1.29, 1.82) is 0 Å². The van der Waals surface area contributed by atoms with Crippen LogP contribution in [0.25, 0.3) is 0 Å². The van der Waals surface area contributed by atoms with Crippen molar-refractivity contribution < 1.29 is 61.5 Å². The molecule has 0 fully saturated rings. The van der Waals surface area contributed by atoms with Gasteiger partial charge in [0.15, 0.2) is 0 Å². The van der Waals surface area contributed by atoms with Gasteiger partial charge in [0.2, 0.25) is 0 Å². The van der Waals surface area contributed by atoms with Crippen molar-refractivity contribution >= 4 is 10.1 Å². The van der Waals surface area contributed by atoms with Gasteiger partial charge in [-0.2, -0.15) is 0 Å². The van der Waals surface area contributed by atoms with Gasteiger partial charge < -0.3 is 23.5 Å². The summed E-state index contributed by atoms with van der Waals surface area (Å²) >= 11 is 0. The third-order valence-corrected chi connectivity index (χ3v) is 4.29. The number of ether oxygens (including phenoxy) is 4. The molecule has 1 rings (SSSR count). The largest absolute Gasteiger partial charge is 1.00 e. The third-order valence-electron chi connectivity index (χ3n) is 3.83. The fraction of sp³-hybridized carbons (Fsp3) is 0.600. The predicted molar refractivity (Wildman–Crippen MR) is 106 cm³/mol. The summed E-state index contributed by atoms with van der Waals surface area (Å²) in [6, 6.07) is 7.93. The van der Waals surface area contributed by atoms with E-state index in [1.54, 1.807) is 6.08 Å². The van der Waals surface area contributed by atoms with Crippen LogP contribution in [0.4, 0.5) is 0 Å². The molecule has 29 heavy (non-hydrogen) atoms. The van der Waals surface area contributed by atoms with Crippen molar-refractivity contribution in [2.24, 2.45) is 0 Å². The van der Waals surface area contributed by atoms with E-state index in [0.29, 0.717) is 12.4 Å². The Bertz CT molecular complexity index is 635. The van der Waals surface area contributed by atoms with Gasteiger partial charge in [-0.25, -0.2) is 8.42 Å². The van der Waals surface area contributed by atoms with Crippen LogP contribution in [0, 0.1) is 0 Å². The quantitative estimate of drug-likeness (QED) is 0.113. The number of hydrogen-bond donors (Lipinski definition) is 0. The van der Waals surface area contributed by atoms with E-state index in [1.807, 2.05) is 24.3 Å². The van der Waals surface area contributed by atoms with E-state index in [4.69, 9.17) is 18.9 Å². The van der Waals surface area contributed by atoms with Crippen LogP contribution in [-0.2, 0) is 30.7 Å². The fourth-order valence-corrected chi connectivity index (χ4v) is 2.68. The minimum atomic E-state index is -4.44. The summed E-state index contributed by atoms with van der Waals surface area (Å²) in [6.07, 6.45) is 7.10. The summed E-state index contributed by atoms with van der Waals surface area (Å²) in [6.45, 7) is 6.19. The van der Waals surface area contributed by atoms with Gasteiger partial charge in [0, 0.05) is 0 Å². The molecule has 0 aromatic heterocycles. The van der Waals surface area contributed by atoms with E-state index in [-0.39, 0.29) is 49.6 Å². The van der Waals surface area contributed by atoms with Crippen LogP contribution in [0.1, 0.15) is 38.2 Å². The van der Waals surface area contributed by atoms with Crippen molar-refractivity contribution in [2.75, 3.05) is 32.6 Å². The summed E-state index contributed by atoms with van der Waals surface area (Å²) in [7, 11) is -4.44. The van der Waals surface area contributed by atoms with E-state index in [1.165, 1.54) is 31.2 Å². The first-order valence-electron chi connectivity index (χ1n) is 9.48. The third kappa shape index (κ3) is 16.0. The van der Waals surface area contributed by atoms with E-state index in [9.17, 15) is 13.0 Å². The molecule has 0 aliphatic carbocycles. The fourth-order valence-electron chi connectivity index (χ4n) is 2.40. The molecule has 1 aromatic carbocycles. The first-order chi connectivity index (χ1) is 13.4. The monoisotopic (exact) mass is 438 g/mol. The minimum Gasteiger partial charge on any atom is -0.746 e. The first-order valence-corrected chi connectivity index (χ1v) is 11.1. The summed E-state index contributed by atoms with van der Waals surface area (Å²) in [4.78, 5) is 0. The minimum absolute atomic E-state index is 0. The molecule has 0 spiro atoms. The Morgan fingerprint density at radius 2 is 1.83 bits per heavy atom. The number of benzene rings is 1. The molecular weight excluding hydrogens is 407 g/mol. The number of hydrogen-bond acceptors (Lipinski definition) is 7. The second kappa shape index (κ2) is 17.3.